The summed E-state index contributed by atoms with van der Waals surface area (Å²) in [6.45, 7) is 0. The molecule has 7 heteroatoms. The van der Waals surface area contributed by atoms with Crippen molar-refractivity contribution < 1.29 is 4.79 Å². The van der Waals surface area contributed by atoms with Crippen molar-refractivity contribution >= 4 is 34.3 Å². The molecule has 0 unspecified atom stereocenters. The van der Waals surface area contributed by atoms with E-state index in [1.807, 2.05) is 42.5 Å². The standard InChI is InChI=1S/C20H15N5OS/c26-20(15-7-3-5-13-4-1-2-6-14(13)15)23-19-16-11-27-12-17(16)24-25(19)18-10-21-8-9-22-18/h1-10H,11-12H2,(H,23,26). The minimum absolute atomic E-state index is 0.156. The maximum Gasteiger partial charge on any atom is 0.257 e. The number of anilines is 1. The number of hydrogen-bond donors (Lipinski definition) is 1. The molecule has 4 aromatic rings. The SMILES string of the molecule is O=C(Nc1c2c(nn1-c1cnccn1)CSC2)c1cccc2ccccc12. The molecule has 27 heavy (non-hydrogen) atoms. The summed E-state index contributed by atoms with van der Waals surface area (Å²) in [5.74, 6) is 2.76. The van der Waals surface area contributed by atoms with Crippen LogP contribution in [0.4, 0.5) is 5.82 Å². The number of thioether (sulfide) groups is 1. The fourth-order valence-electron chi connectivity index (χ4n) is 3.31. The van der Waals surface area contributed by atoms with Gasteiger partial charge in [-0.1, -0.05) is 36.4 Å². The highest BCUT2D eigenvalue weighted by molar-refractivity contribution is 7.98. The van der Waals surface area contributed by atoms with E-state index in [0.717, 1.165) is 33.5 Å². The first-order valence-electron chi connectivity index (χ1n) is 8.55. The lowest BCUT2D eigenvalue weighted by atomic mass is 10.0. The Balaban J connectivity index is 1.58. The van der Waals surface area contributed by atoms with Crippen LogP contribution in [0.1, 0.15) is 21.6 Å². The molecule has 0 spiro atoms. The van der Waals surface area contributed by atoms with Gasteiger partial charge < -0.3 is 5.32 Å². The van der Waals surface area contributed by atoms with Gasteiger partial charge in [0, 0.05) is 35.0 Å². The molecule has 0 saturated carbocycles. The number of aromatic nitrogens is 4. The molecule has 3 heterocycles. The Morgan fingerprint density at radius 2 is 1.96 bits per heavy atom. The first kappa shape index (κ1) is 16.0. The smallest absolute Gasteiger partial charge is 0.257 e. The van der Waals surface area contributed by atoms with E-state index in [-0.39, 0.29) is 5.91 Å². The van der Waals surface area contributed by atoms with Crippen molar-refractivity contribution in [3.63, 3.8) is 0 Å². The minimum atomic E-state index is -0.156. The van der Waals surface area contributed by atoms with Gasteiger partial charge in [0.05, 0.1) is 11.9 Å². The van der Waals surface area contributed by atoms with Crippen molar-refractivity contribution in [2.45, 2.75) is 11.5 Å². The van der Waals surface area contributed by atoms with Crippen molar-refractivity contribution in [1.82, 2.24) is 19.7 Å². The van der Waals surface area contributed by atoms with Crippen LogP contribution in [-0.2, 0) is 11.5 Å². The molecule has 1 aliphatic rings. The average molecular weight is 373 g/mol. The summed E-state index contributed by atoms with van der Waals surface area (Å²) in [7, 11) is 0. The summed E-state index contributed by atoms with van der Waals surface area (Å²) in [5.41, 5.74) is 2.68. The summed E-state index contributed by atoms with van der Waals surface area (Å²) in [5, 5.41) is 9.69. The van der Waals surface area contributed by atoms with Crippen molar-refractivity contribution in [3.05, 3.63) is 77.9 Å². The number of hydrogen-bond acceptors (Lipinski definition) is 5. The Bertz CT molecular complexity index is 1150. The van der Waals surface area contributed by atoms with E-state index in [9.17, 15) is 4.79 Å². The molecule has 5 rings (SSSR count). The third-order valence-corrected chi connectivity index (χ3v) is 5.55. The number of carbonyl (C=O) groups is 1. The zero-order valence-corrected chi connectivity index (χ0v) is 15.1. The van der Waals surface area contributed by atoms with E-state index in [0.29, 0.717) is 17.2 Å². The number of benzene rings is 2. The van der Waals surface area contributed by atoms with Gasteiger partial charge in [0.1, 0.15) is 5.82 Å². The molecular formula is C20H15N5OS. The first-order chi connectivity index (χ1) is 13.3. The number of fused-ring (bicyclic) bond motifs is 2. The number of rotatable bonds is 3. The number of amides is 1. The summed E-state index contributed by atoms with van der Waals surface area (Å²) in [4.78, 5) is 21.6. The Morgan fingerprint density at radius 1 is 1.07 bits per heavy atom. The van der Waals surface area contributed by atoms with Crippen LogP contribution in [0.15, 0.2) is 61.1 Å². The monoisotopic (exact) mass is 373 g/mol. The van der Waals surface area contributed by atoms with Crippen LogP contribution in [0.5, 0.6) is 0 Å². The van der Waals surface area contributed by atoms with E-state index in [1.54, 1.807) is 35.0 Å². The molecular weight excluding hydrogens is 358 g/mol. The van der Waals surface area contributed by atoms with E-state index >= 15 is 0 Å². The quantitative estimate of drug-likeness (QED) is 0.591. The lowest BCUT2D eigenvalue weighted by Gasteiger charge is -2.11. The number of nitrogens with zero attached hydrogens (tertiary/aromatic N) is 4. The summed E-state index contributed by atoms with van der Waals surface area (Å²) < 4.78 is 1.68. The summed E-state index contributed by atoms with van der Waals surface area (Å²) >= 11 is 1.79. The predicted molar refractivity (Wildman–Crippen MR) is 106 cm³/mol. The maximum atomic E-state index is 13.1. The van der Waals surface area contributed by atoms with E-state index in [4.69, 9.17) is 0 Å². The number of nitrogens with one attached hydrogen (secondary N) is 1. The minimum Gasteiger partial charge on any atom is -0.306 e. The van der Waals surface area contributed by atoms with Crippen LogP contribution in [-0.4, -0.2) is 25.7 Å². The Hall–Kier alpha value is -3.19. The highest BCUT2D eigenvalue weighted by Crippen LogP contribution is 2.36. The summed E-state index contributed by atoms with van der Waals surface area (Å²) in [6, 6.07) is 13.6. The fraction of sp³-hybridized carbons (Fsp3) is 0.100. The Labute approximate surface area is 159 Å². The molecule has 0 radical (unpaired) electrons. The summed E-state index contributed by atoms with van der Waals surface area (Å²) in [6.07, 6.45) is 4.88. The molecule has 0 aliphatic carbocycles. The van der Waals surface area contributed by atoms with Gasteiger partial charge in [-0.25, -0.2) is 4.98 Å². The van der Waals surface area contributed by atoms with E-state index < -0.39 is 0 Å². The number of carbonyl (C=O) groups excluding carboxylic acids is 1. The highest BCUT2D eigenvalue weighted by atomic mass is 32.2. The molecule has 0 bridgehead atoms. The van der Waals surface area contributed by atoms with Crippen LogP contribution < -0.4 is 5.32 Å². The molecule has 2 aromatic heterocycles. The Kier molecular flexibility index (Phi) is 3.86. The van der Waals surface area contributed by atoms with Crippen LogP contribution in [0, 0.1) is 0 Å². The van der Waals surface area contributed by atoms with Crippen molar-refractivity contribution in [2.75, 3.05) is 5.32 Å². The first-order valence-corrected chi connectivity index (χ1v) is 9.71. The molecule has 0 saturated heterocycles. The fourth-order valence-corrected chi connectivity index (χ4v) is 4.34. The van der Waals surface area contributed by atoms with Gasteiger partial charge in [-0.3, -0.25) is 9.78 Å². The van der Waals surface area contributed by atoms with Crippen LogP contribution in [0.2, 0.25) is 0 Å². The topological polar surface area (TPSA) is 72.7 Å². The molecule has 1 aliphatic heterocycles. The third kappa shape index (κ3) is 2.76. The molecule has 1 N–H and O–H groups in total. The maximum absolute atomic E-state index is 13.1. The van der Waals surface area contributed by atoms with Gasteiger partial charge in [-0.05, 0) is 16.8 Å². The molecule has 1 amide bonds. The highest BCUT2D eigenvalue weighted by Gasteiger charge is 2.25. The van der Waals surface area contributed by atoms with Gasteiger partial charge in [-0.2, -0.15) is 21.5 Å². The molecule has 132 valence electrons. The second-order valence-electron chi connectivity index (χ2n) is 6.22. The zero-order valence-electron chi connectivity index (χ0n) is 14.3. The molecule has 2 aromatic carbocycles. The predicted octanol–water partition coefficient (Wildman–Crippen LogP) is 3.81. The van der Waals surface area contributed by atoms with Crippen LogP contribution in [0.25, 0.3) is 16.6 Å². The molecule has 0 atom stereocenters. The second-order valence-corrected chi connectivity index (χ2v) is 7.21. The lowest BCUT2D eigenvalue weighted by Crippen LogP contribution is -2.17. The van der Waals surface area contributed by atoms with Crippen LogP contribution >= 0.6 is 11.8 Å². The largest absolute Gasteiger partial charge is 0.306 e. The van der Waals surface area contributed by atoms with Crippen molar-refractivity contribution in [3.8, 4) is 5.82 Å². The van der Waals surface area contributed by atoms with Gasteiger partial charge in [0.15, 0.2) is 5.82 Å². The van der Waals surface area contributed by atoms with E-state index in [2.05, 4.69) is 20.4 Å². The van der Waals surface area contributed by atoms with Crippen molar-refractivity contribution in [2.24, 2.45) is 0 Å². The average Bonchev–Trinajstić information content (AvgIpc) is 3.31. The zero-order chi connectivity index (χ0) is 18.2. The van der Waals surface area contributed by atoms with Crippen molar-refractivity contribution in [1.29, 1.82) is 0 Å². The van der Waals surface area contributed by atoms with Gasteiger partial charge >= 0.3 is 0 Å². The van der Waals surface area contributed by atoms with E-state index in [1.165, 1.54) is 0 Å². The van der Waals surface area contributed by atoms with Crippen LogP contribution in [0.3, 0.4) is 0 Å². The van der Waals surface area contributed by atoms with Gasteiger partial charge in [0.25, 0.3) is 5.91 Å². The normalized spacial score (nSPS) is 12.9. The van der Waals surface area contributed by atoms with Gasteiger partial charge in [-0.15, -0.1) is 0 Å². The van der Waals surface area contributed by atoms with Gasteiger partial charge in [0.2, 0.25) is 0 Å². The lowest BCUT2D eigenvalue weighted by molar-refractivity contribution is 0.102. The third-order valence-electron chi connectivity index (χ3n) is 4.58. The molecule has 6 nitrogen and oxygen atoms in total. The second kappa shape index (κ2) is 6.51. The Morgan fingerprint density at radius 3 is 2.85 bits per heavy atom. The molecule has 0 fully saturated rings.